The van der Waals surface area contributed by atoms with E-state index in [1.54, 1.807) is 33.9 Å². The summed E-state index contributed by atoms with van der Waals surface area (Å²) < 4.78 is 5.10. The second-order valence-electron chi connectivity index (χ2n) is 6.52. The molecule has 132 valence electrons. The molecule has 0 radical (unpaired) electrons. The third-order valence-electron chi connectivity index (χ3n) is 3.17. The molecule has 2 rings (SSSR count). The highest BCUT2D eigenvalue weighted by Crippen LogP contribution is 2.13. The lowest BCUT2D eigenvalue weighted by Crippen LogP contribution is -2.45. The fraction of sp³-hybridized carbons (Fsp3) is 0.333. The predicted octanol–water partition coefficient (Wildman–Crippen LogP) is 2.60. The van der Waals surface area contributed by atoms with Crippen molar-refractivity contribution >= 4 is 29.1 Å². The van der Waals surface area contributed by atoms with Crippen molar-refractivity contribution in [1.82, 2.24) is 15.7 Å². The van der Waals surface area contributed by atoms with Gasteiger partial charge in [0.2, 0.25) is 0 Å². The van der Waals surface area contributed by atoms with Crippen LogP contribution in [0, 0.1) is 0 Å². The first-order valence-corrected chi connectivity index (χ1v) is 7.92. The molecule has 0 aliphatic heterocycles. The minimum atomic E-state index is -0.780. The largest absolute Gasteiger partial charge is 0.444 e. The minimum Gasteiger partial charge on any atom is -0.444 e. The number of para-hydroxylation sites is 1. The highest BCUT2D eigenvalue weighted by molar-refractivity contribution is 5.97. The lowest BCUT2D eigenvalue weighted by molar-refractivity contribution is -0.122. The molecule has 7 heteroatoms. The first-order valence-electron chi connectivity index (χ1n) is 7.92. The number of hydrogen-bond acceptors (Lipinski definition) is 5. The van der Waals surface area contributed by atoms with E-state index >= 15 is 0 Å². The number of hydrogen-bond donors (Lipinski definition) is 2. The van der Waals surface area contributed by atoms with Gasteiger partial charge in [0.25, 0.3) is 5.91 Å². The van der Waals surface area contributed by atoms with Crippen LogP contribution in [0.2, 0.25) is 0 Å². The third-order valence-corrected chi connectivity index (χ3v) is 3.17. The number of amides is 2. The Balaban J connectivity index is 1.94. The summed E-state index contributed by atoms with van der Waals surface area (Å²) in [5.41, 5.74) is 3.35. The zero-order chi connectivity index (χ0) is 18.4. The van der Waals surface area contributed by atoms with Crippen LogP contribution in [0.25, 0.3) is 10.9 Å². The maximum atomic E-state index is 12.0. The van der Waals surface area contributed by atoms with Crippen LogP contribution in [0.5, 0.6) is 0 Å². The van der Waals surface area contributed by atoms with Gasteiger partial charge in [-0.05, 0) is 33.8 Å². The molecule has 1 heterocycles. The molecule has 1 atom stereocenters. The van der Waals surface area contributed by atoms with Crippen LogP contribution in [0.1, 0.15) is 33.3 Å². The number of alkyl carbamates (subject to hydrolysis) is 1. The van der Waals surface area contributed by atoms with Gasteiger partial charge in [-0.2, -0.15) is 5.10 Å². The Bertz CT molecular complexity index is 791. The number of pyridine rings is 1. The van der Waals surface area contributed by atoms with Gasteiger partial charge in [-0.15, -0.1) is 0 Å². The number of hydrazone groups is 1. The van der Waals surface area contributed by atoms with Gasteiger partial charge < -0.3 is 10.1 Å². The van der Waals surface area contributed by atoms with Crippen molar-refractivity contribution in [2.75, 3.05) is 0 Å². The van der Waals surface area contributed by atoms with Gasteiger partial charge in [0.05, 0.1) is 11.7 Å². The average molecular weight is 342 g/mol. The molecule has 0 saturated heterocycles. The Morgan fingerprint density at radius 3 is 2.68 bits per heavy atom. The Hall–Kier alpha value is -2.96. The lowest BCUT2D eigenvalue weighted by Gasteiger charge is -2.21. The summed E-state index contributed by atoms with van der Waals surface area (Å²) in [6, 6.07) is 8.72. The fourth-order valence-electron chi connectivity index (χ4n) is 2.04. The van der Waals surface area contributed by atoms with Crippen LogP contribution in [-0.4, -0.2) is 34.8 Å². The Morgan fingerprint density at radius 2 is 1.96 bits per heavy atom. The van der Waals surface area contributed by atoms with E-state index in [1.807, 2.05) is 30.3 Å². The Kier molecular flexibility index (Phi) is 5.69. The van der Waals surface area contributed by atoms with Crippen molar-refractivity contribution in [1.29, 1.82) is 0 Å². The SMILES string of the molecule is CC(NC(=O)OC(C)(C)C)C(=O)NN=Cc1cccc2cccnc12. The van der Waals surface area contributed by atoms with Crippen LogP contribution in [0.4, 0.5) is 4.79 Å². The first-order chi connectivity index (χ1) is 11.8. The van der Waals surface area contributed by atoms with E-state index in [9.17, 15) is 9.59 Å². The molecule has 0 aliphatic rings. The van der Waals surface area contributed by atoms with Crippen molar-refractivity contribution in [2.45, 2.75) is 39.3 Å². The number of carbonyl (C=O) groups excluding carboxylic acids is 2. The minimum absolute atomic E-state index is 0.449. The van der Waals surface area contributed by atoms with Crippen LogP contribution < -0.4 is 10.7 Å². The number of carbonyl (C=O) groups is 2. The second-order valence-corrected chi connectivity index (χ2v) is 6.52. The molecule has 1 aromatic heterocycles. The quantitative estimate of drug-likeness (QED) is 0.660. The van der Waals surface area contributed by atoms with Crippen LogP contribution in [0.3, 0.4) is 0 Å². The number of ether oxygens (including phenoxy) is 1. The molecule has 2 amide bonds. The molecule has 2 aromatic rings. The zero-order valence-corrected chi connectivity index (χ0v) is 14.7. The lowest BCUT2D eigenvalue weighted by atomic mass is 10.1. The third kappa shape index (κ3) is 5.56. The number of nitrogens with one attached hydrogen (secondary N) is 2. The maximum absolute atomic E-state index is 12.0. The number of fused-ring (bicyclic) bond motifs is 1. The summed E-state index contributed by atoms with van der Waals surface area (Å²) in [7, 11) is 0. The van der Waals surface area contributed by atoms with E-state index in [2.05, 4.69) is 20.8 Å². The van der Waals surface area contributed by atoms with Crippen molar-refractivity contribution < 1.29 is 14.3 Å². The van der Waals surface area contributed by atoms with Gasteiger partial charge in [0, 0.05) is 17.1 Å². The Morgan fingerprint density at radius 1 is 1.24 bits per heavy atom. The number of nitrogens with zero attached hydrogens (tertiary/aromatic N) is 2. The zero-order valence-electron chi connectivity index (χ0n) is 14.7. The predicted molar refractivity (Wildman–Crippen MR) is 96.3 cm³/mol. The maximum Gasteiger partial charge on any atom is 0.408 e. The topological polar surface area (TPSA) is 92.7 Å². The van der Waals surface area contributed by atoms with E-state index in [0.29, 0.717) is 0 Å². The molecule has 1 aromatic carbocycles. The smallest absolute Gasteiger partial charge is 0.408 e. The van der Waals surface area contributed by atoms with Gasteiger partial charge in [-0.3, -0.25) is 9.78 Å². The van der Waals surface area contributed by atoms with Gasteiger partial charge in [-0.25, -0.2) is 10.2 Å². The highest BCUT2D eigenvalue weighted by Gasteiger charge is 2.20. The molecular formula is C18H22N4O3. The normalized spacial score (nSPS) is 12.8. The summed E-state index contributed by atoms with van der Waals surface area (Å²) in [6.07, 6.45) is 2.57. The van der Waals surface area contributed by atoms with E-state index in [-0.39, 0.29) is 0 Å². The van der Waals surface area contributed by atoms with Crippen LogP contribution >= 0.6 is 0 Å². The number of benzene rings is 1. The van der Waals surface area contributed by atoms with Crippen molar-refractivity contribution in [2.24, 2.45) is 5.10 Å². The molecule has 25 heavy (non-hydrogen) atoms. The van der Waals surface area contributed by atoms with Gasteiger partial charge in [0.15, 0.2) is 0 Å². The molecule has 2 N–H and O–H groups in total. The average Bonchev–Trinajstić information content (AvgIpc) is 2.53. The summed E-state index contributed by atoms with van der Waals surface area (Å²) in [5, 5.41) is 7.38. The summed E-state index contributed by atoms with van der Waals surface area (Å²) in [5.74, 6) is -0.449. The monoisotopic (exact) mass is 342 g/mol. The van der Waals surface area contributed by atoms with E-state index < -0.39 is 23.6 Å². The van der Waals surface area contributed by atoms with E-state index in [1.165, 1.54) is 6.21 Å². The molecule has 0 fully saturated rings. The fourth-order valence-corrected chi connectivity index (χ4v) is 2.04. The van der Waals surface area contributed by atoms with Crippen LogP contribution in [0.15, 0.2) is 41.6 Å². The second kappa shape index (κ2) is 7.74. The standard InChI is InChI=1S/C18H22N4O3/c1-12(21-17(24)25-18(2,3)4)16(23)22-20-11-14-8-5-7-13-9-6-10-19-15(13)14/h5-12H,1-4H3,(H,21,24)(H,22,23). The van der Waals surface area contributed by atoms with Crippen LogP contribution in [-0.2, 0) is 9.53 Å². The van der Waals surface area contributed by atoms with Gasteiger partial charge in [0.1, 0.15) is 11.6 Å². The van der Waals surface area contributed by atoms with Gasteiger partial charge in [-0.1, -0.05) is 24.3 Å². The summed E-state index contributed by atoms with van der Waals surface area (Å²) >= 11 is 0. The van der Waals surface area contributed by atoms with E-state index in [0.717, 1.165) is 16.5 Å². The molecule has 1 unspecified atom stereocenters. The van der Waals surface area contributed by atoms with E-state index in [4.69, 9.17) is 4.74 Å². The molecule has 0 spiro atoms. The molecule has 0 bridgehead atoms. The molecule has 0 aliphatic carbocycles. The highest BCUT2D eigenvalue weighted by atomic mass is 16.6. The van der Waals surface area contributed by atoms with Crippen molar-refractivity contribution in [3.05, 3.63) is 42.1 Å². The summed E-state index contributed by atoms with van der Waals surface area (Å²) in [6.45, 7) is 6.80. The number of rotatable bonds is 4. The number of aromatic nitrogens is 1. The summed E-state index contributed by atoms with van der Waals surface area (Å²) in [4.78, 5) is 28.0. The molecule has 7 nitrogen and oxygen atoms in total. The molecule has 0 saturated carbocycles. The Labute approximate surface area is 146 Å². The first kappa shape index (κ1) is 18.4. The van der Waals surface area contributed by atoms with Gasteiger partial charge >= 0.3 is 6.09 Å². The van der Waals surface area contributed by atoms with Crippen molar-refractivity contribution in [3.8, 4) is 0 Å². The van der Waals surface area contributed by atoms with Crippen molar-refractivity contribution in [3.63, 3.8) is 0 Å². The molecular weight excluding hydrogens is 320 g/mol.